The maximum Gasteiger partial charge on any atom is 0.137 e. The van der Waals surface area contributed by atoms with Gasteiger partial charge in [0.15, 0.2) is 0 Å². The molecule has 0 unspecified atom stereocenters. The molecule has 3 nitrogen and oxygen atoms in total. The Balaban J connectivity index is 0.957. The van der Waals surface area contributed by atoms with E-state index in [1.54, 1.807) is 0 Å². The van der Waals surface area contributed by atoms with E-state index in [2.05, 4.69) is 256 Å². The van der Waals surface area contributed by atoms with Crippen LogP contribution in [0.1, 0.15) is 49.9 Å². The third-order valence-corrected chi connectivity index (χ3v) is 15.6. The van der Waals surface area contributed by atoms with Crippen molar-refractivity contribution in [2.45, 2.75) is 38.5 Å². The van der Waals surface area contributed by atoms with Crippen LogP contribution in [0.4, 0.5) is 17.1 Å². The normalized spacial score (nSPS) is 14.0. The quantitative estimate of drug-likeness (QED) is 0.166. The van der Waals surface area contributed by atoms with E-state index < -0.39 is 0 Å². The monoisotopic (exact) mass is 884 g/mol. The highest BCUT2D eigenvalue weighted by Crippen LogP contribution is 2.55. The molecule has 0 fully saturated rings. The number of aromatic nitrogens is 1. The predicted octanol–water partition coefficient (Wildman–Crippen LogP) is 18.1. The van der Waals surface area contributed by atoms with Crippen LogP contribution in [0.3, 0.4) is 0 Å². The molecule has 10 aromatic carbocycles. The van der Waals surface area contributed by atoms with Gasteiger partial charge in [-0.3, -0.25) is 0 Å². The summed E-state index contributed by atoms with van der Waals surface area (Å²) in [5, 5.41) is 4.65. The van der Waals surface area contributed by atoms with Gasteiger partial charge in [0.05, 0.1) is 22.1 Å². The van der Waals surface area contributed by atoms with E-state index in [1.807, 2.05) is 0 Å². The number of furan rings is 1. The molecule has 2 aromatic heterocycles. The zero-order chi connectivity index (χ0) is 46.2. The average molecular weight is 885 g/mol. The van der Waals surface area contributed by atoms with Crippen LogP contribution in [0.5, 0.6) is 0 Å². The van der Waals surface area contributed by atoms with Crippen LogP contribution >= 0.6 is 0 Å². The van der Waals surface area contributed by atoms with Gasteiger partial charge < -0.3 is 13.9 Å². The summed E-state index contributed by atoms with van der Waals surface area (Å²) in [5.74, 6) is 0. The maximum atomic E-state index is 6.80. The first-order valence-corrected chi connectivity index (χ1v) is 24.2. The van der Waals surface area contributed by atoms with Crippen molar-refractivity contribution >= 4 is 60.8 Å². The van der Waals surface area contributed by atoms with Gasteiger partial charge in [0.25, 0.3) is 0 Å². The molecule has 12 aromatic rings. The fraction of sp³-hybridized carbons (Fsp3) is 0.0909. The maximum absolute atomic E-state index is 6.80. The van der Waals surface area contributed by atoms with Gasteiger partial charge in [0, 0.05) is 44.1 Å². The van der Waals surface area contributed by atoms with E-state index in [1.165, 1.54) is 83.0 Å². The molecule has 0 amide bonds. The molecule has 0 saturated carbocycles. The largest absolute Gasteiger partial charge is 0.456 e. The topological polar surface area (TPSA) is 21.3 Å². The van der Waals surface area contributed by atoms with Crippen LogP contribution in [0.15, 0.2) is 223 Å². The molecule has 69 heavy (non-hydrogen) atoms. The Kier molecular flexibility index (Phi) is 8.38. The fourth-order valence-electron chi connectivity index (χ4n) is 12.1. The highest BCUT2D eigenvalue weighted by Gasteiger charge is 2.38. The molecule has 0 radical (unpaired) electrons. The lowest BCUT2D eigenvalue weighted by Gasteiger charge is -2.30. The van der Waals surface area contributed by atoms with Gasteiger partial charge in [-0.05, 0) is 152 Å². The van der Waals surface area contributed by atoms with E-state index in [4.69, 9.17) is 4.42 Å². The number of hydrogen-bond donors (Lipinski definition) is 0. The minimum absolute atomic E-state index is 0.163. The summed E-state index contributed by atoms with van der Waals surface area (Å²) in [4.78, 5) is 2.49. The van der Waals surface area contributed by atoms with Gasteiger partial charge in [0.1, 0.15) is 11.2 Å². The molecular weight excluding hydrogens is 837 g/mol. The van der Waals surface area contributed by atoms with Crippen LogP contribution in [0.25, 0.3) is 93.9 Å². The van der Waals surface area contributed by atoms with Gasteiger partial charge in [0.2, 0.25) is 0 Å². The predicted molar refractivity (Wildman–Crippen MR) is 289 cm³/mol. The first-order valence-electron chi connectivity index (χ1n) is 24.2. The fourth-order valence-corrected chi connectivity index (χ4v) is 12.1. The Morgan fingerprint density at radius 3 is 1.67 bits per heavy atom. The highest BCUT2D eigenvalue weighted by atomic mass is 16.3. The molecule has 0 aliphatic heterocycles. The van der Waals surface area contributed by atoms with Gasteiger partial charge in [-0.25, -0.2) is 0 Å². The van der Waals surface area contributed by atoms with Crippen LogP contribution in [-0.4, -0.2) is 4.57 Å². The summed E-state index contributed by atoms with van der Waals surface area (Å²) in [5.41, 5.74) is 23.6. The number of benzene rings is 10. The van der Waals surface area contributed by atoms with E-state index in [0.717, 1.165) is 50.3 Å². The van der Waals surface area contributed by atoms with Crippen molar-refractivity contribution in [1.82, 2.24) is 4.57 Å². The van der Waals surface area contributed by atoms with Crippen LogP contribution < -0.4 is 4.90 Å². The Bertz CT molecular complexity index is 4070. The van der Waals surface area contributed by atoms with E-state index in [9.17, 15) is 0 Å². The molecule has 328 valence electrons. The minimum Gasteiger partial charge on any atom is -0.456 e. The summed E-state index contributed by atoms with van der Waals surface area (Å²) in [6.07, 6.45) is 0. The Labute approximate surface area is 402 Å². The zero-order valence-electron chi connectivity index (χ0n) is 39.1. The molecule has 0 atom stereocenters. The summed E-state index contributed by atoms with van der Waals surface area (Å²) in [6.45, 7) is 9.51. The number of fused-ring (bicyclic) bond motifs is 12. The standard InChI is InChI=1S/C66H48N2O/c1-65(2)55-22-13-11-20-48(55)50-32-29-46(39-57(50)65)67(47-30-33-51-49-31-26-44(41-16-7-5-8-17-41)38-56(49)66(3,4)58(51)40-47)61-24-15-25-63-64(61)54-37-43(28-35-62(54)69-63)42-27-34-60-53(36-42)52-21-12-14-23-59(52)68(60)45-18-9-6-10-19-45/h5-40H,1-4H3. The molecule has 0 spiro atoms. The van der Waals surface area contributed by atoms with Crippen LogP contribution in [0, 0.1) is 0 Å². The molecule has 2 heterocycles. The molecule has 2 aliphatic carbocycles. The first-order chi connectivity index (χ1) is 33.7. The Morgan fingerprint density at radius 1 is 0.362 bits per heavy atom. The minimum atomic E-state index is -0.226. The molecule has 0 N–H and O–H groups in total. The number of nitrogens with zero attached hydrogens (tertiary/aromatic N) is 2. The molecule has 14 rings (SSSR count). The number of para-hydroxylation sites is 2. The van der Waals surface area contributed by atoms with Crippen molar-refractivity contribution in [1.29, 1.82) is 0 Å². The summed E-state index contributed by atoms with van der Waals surface area (Å²) >= 11 is 0. The Hall–Kier alpha value is -8.40. The highest BCUT2D eigenvalue weighted by molar-refractivity contribution is 6.15. The molecule has 0 saturated heterocycles. The lowest BCUT2D eigenvalue weighted by Crippen LogP contribution is -2.18. The molecule has 3 heteroatoms. The van der Waals surface area contributed by atoms with Crippen molar-refractivity contribution in [2.24, 2.45) is 0 Å². The second-order valence-corrected chi connectivity index (χ2v) is 20.1. The first kappa shape index (κ1) is 39.7. The van der Waals surface area contributed by atoms with Gasteiger partial charge in [-0.1, -0.05) is 161 Å². The van der Waals surface area contributed by atoms with E-state index >= 15 is 0 Å². The third kappa shape index (κ3) is 5.80. The number of rotatable bonds is 6. The van der Waals surface area contributed by atoms with Gasteiger partial charge >= 0.3 is 0 Å². The summed E-state index contributed by atoms with van der Waals surface area (Å²) in [7, 11) is 0. The third-order valence-electron chi connectivity index (χ3n) is 15.6. The van der Waals surface area contributed by atoms with Gasteiger partial charge in [-0.15, -0.1) is 0 Å². The van der Waals surface area contributed by atoms with Crippen molar-refractivity contribution in [3.63, 3.8) is 0 Å². The number of anilines is 3. The Morgan fingerprint density at radius 2 is 0.913 bits per heavy atom. The van der Waals surface area contributed by atoms with E-state index in [0.29, 0.717) is 0 Å². The second kappa shape index (κ2) is 14.6. The van der Waals surface area contributed by atoms with Crippen molar-refractivity contribution < 1.29 is 4.42 Å². The van der Waals surface area contributed by atoms with Crippen molar-refractivity contribution in [2.75, 3.05) is 4.90 Å². The summed E-state index contributed by atoms with van der Waals surface area (Å²) in [6, 6.07) is 80.5. The second-order valence-electron chi connectivity index (χ2n) is 20.1. The van der Waals surface area contributed by atoms with Crippen molar-refractivity contribution in [3.8, 4) is 50.2 Å². The molecular formula is C66H48N2O. The molecule has 2 aliphatic rings. The lowest BCUT2D eigenvalue weighted by molar-refractivity contribution is 0.660. The summed E-state index contributed by atoms with van der Waals surface area (Å²) < 4.78 is 9.18. The smallest absolute Gasteiger partial charge is 0.137 e. The van der Waals surface area contributed by atoms with E-state index in [-0.39, 0.29) is 10.8 Å². The lowest BCUT2D eigenvalue weighted by atomic mass is 9.81. The van der Waals surface area contributed by atoms with Crippen molar-refractivity contribution in [3.05, 3.63) is 241 Å². The molecule has 0 bridgehead atoms. The SMILES string of the molecule is CC1(C)c2ccccc2-c2ccc(N(c3ccc4c(c3)C(C)(C)c3cc(-c5ccccc5)ccc3-4)c3cccc4oc5ccc(-c6ccc7c(c6)c6ccccc6n7-c6ccccc6)cc5c34)cc21. The zero-order valence-corrected chi connectivity index (χ0v) is 39.1. The van der Waals surface area contributed by atoms with Crippen LogP contribution in [-0.2, 0) is 10.8 Å². The average Bonchev–Trinajstić information content (AvgIpc) is 4.07. The van der Waals surface area contributed by atoms with Gasteiger partial charge in [-0.2, -0.15) is 0 Å². The van der Waals surface area contributed by atoms with Crippen LogP contribution in [0.2, 0.25) is 0 Å². The number of hydrogen-bond acceptors (Lipinski definition) is 2.